The number of hydrogen-bond acceptors (Lipinski definition) is 5. The summed E-state index contributed by atoms with van der Waals surface area (Å²) in [5, 5.41) is 15.7. The molecule has 132 valence electrons. The van der Waals surface area contributed by atoms with Crippen LogP contribution in [0, 0.1) is 5.92 Å². The predicted molar refractivity (Wildman–Crippen MR) is 81.8 cm³/mol. The minimum absolute atomic E-state index is 0.102. The molecule has 0 radical (unpaired) electrons. The number of Topliss-reactive ketones (excluding diaryl/α,β-unsaturated/α-hetero) is 1. The van der Waals surface area contributed by atoms with E-state index in [1.807, 2.05) is 0 Å². The van der Waals surface area contributed by atoms with Gasteiger partial charge in [-0.3, -0.25) is 9.78 Å². The summed E-state index contributed by atoms with van der Waals surface area (Å²) >= 11 is 1.07. The average molecular weight is 371 g/mol. The summed E-state index contributed by atoms with van der Waals surface area (Å²) in [5.41, 5.74) is -3.81. The van der Waals surface area contributed by atoms with Gasteiger partial charge in [0.15, 0.2) is 5.78 Å². The van der Waals surface area contributed by atoms with Gasteiger partial charge >= 0.3 is 12.2 Å². The highest BCUT2D eigenvalue weighted by Crippen LogP contribution is 2.44. The zero-order valence-electron chi connectivity index (χ0n) is 12.4. The standard InChI is InChI=1S/C15H12F3N3O3S/c16-15(17,18)14(24)10(12(22)8-3-1-5-19-7-8)11(20-13(23)21-14)9-4-2-6-25-9/h1-7,10-11,24H,(H2,20,21,23)/t10-,11+,14+/m1/s1. The molecule has 3 N–H and O–H groups in total. The quantitative estimate of drug-likeness (QED) is 0.722. The van der Waals surface area contributed by atoms with E-state index in [2.05, 4.69) is 10.3 Å². The molecule has 0 aliphatic carbocycles. The summed E-state index contributed by atoms with van der Waals surface area (Å²) in [7, 11) is 0. The maximum Gasteiger partial charge on any atom is 0.437 e. The largest absolute Gasteiger partial charge is 0.437 e. The minimum atomic E-state index is -5.26. The first-order valence-corrected chi connectivity index (χ1v) is 7.97. The van der Waals surface area contributed by atoms with Crippen LogP contribution in [-0.4, -0.2) is 33.8 Å². The van der Waals surface area contributed by atoms with E-state index in [1.54, 1.807) is 11.4 Å². The van der Waals surface area contributed by atoms with Crippen molar-refractivity contribution in [1.82, 2.24) is 15.6 Å². The predicted octanol–water partition coefficient (Wildman–Crippen LogP) is 2.25. The average Bonchev–Trinajstić information content (AvgIpc) is 3.08. The van der Waals surface area contributed by atoms with Crippen LogP contribution in [-0.2, 0) is 0 Å². The lowest BCUT2D eigenvalue weighted by Crippen LogP contribution is -2.72. The number of pyridine rings is 1. The maximum atomic E-state index is 13.6. The third-order valence-electron chi connectivity index (χ3n) is 3.88. The van der Waals surface area contributed by atoms with Crippen LogP contribution in [0.1, 0.15) is 21.3 Å². The van der Waals surface area contributed by atoms with E-state index in [4.69, 9.17) is 0 Å². The number of alkyl halides is 3. The summed E-state index contributed by atoms with van der Waals surface area (Å²) in [6, 6.07) is 3.21. The Morgan fingerprint density at radius 1 is 1.32 bits per heavy atom. The number of aliphatic hydroxyl groups is 1. The highest BCUT2D eigenvalue weighted by atomic mass is 32.1. The highest BCUT2D eigenvalue weighted by molar-refractivity contribution is 7.10. The van der Waals surface area contributed by atoms with E-state index in [9.17, 15) is 27.9 Å². The van der Waals surface area contributed by atoms with E-state index < -0.39 is 35.7 Å². The fraction of sp³-hybridized carbons (Fsp3) is 0.267. The zero-order chi connectivity index (χ0) is 18.2. The van der Waals surface area contributed by atoms with E-state index >= 15 is 0 Å². The second kappa shape index (κ2) is 6.12. The number of urea groups is 1. The Labute approximate surface area is 143 Å². The first-order chi connectivity index (χ1) is 11.7. The van der Waals surface area contributed by atoms with E-state index in [1.165, 1.54) is 29.7 Å². The molecule has 1 aliphatic rings. The van der Waals surface area contributed by atoms with Crippen molar-refractivity contribution in [3.05, 3.63) is 52.5 Å². The molecule has 3 heterocycles. The number of carbonyl (C=O) groups excluding carboxylic acids is 2. The molecule has 1 aliphatic heterocycles. The van der Waals surface area contributed by atoms with Crippen molar-refractivity contribution in [3.8, 4) is 0 Å². The molecule has 2 aromatic heterocycles. The first-order valence-electron chi connectivity index (χ1n) is 7.09. The van der Waals surface area contributed by atoms with E-state index in [0.717, 1.165) is 17.5 Å². The van der Waals surface area contributed by atoms with Crippen molar-refractivity contribution in [3.63, 3.8) is 0 Å². The van der Waals surface area contributed by atoms with Gasteiger partial charge in [-0.2, -0.15) is 13.2 Å². The topological polar surface area (TPSA) is 91.3 Å². The van der Waals surface area contributed by atoms with Gasteiger partial charge < -0.3 is 15.7 Å². The molecule has 1 fully saturated rings. The summed E-state index contributed by atoms with van der Waals surface area (Å²) in [6.07, 6.45) is -2.78. The summed E-state index contributed by atoms with van der Waals surface area (Å²) in [5.74, 6) is -3.01. The van der Waals surface area contributed by atoms with Crippen molar-refractivity contribution in [2.45, 2.75) is 17.9 Å². The molecule has 25 heavy (non-hydrogen) atoms. The number of aromatic nitrogens is 1. The summed E-state index contributed by atoms with van der Waals surface area (Å²) in [6.45, 7) is 0. The molecule has 2 aromatic rings. The number of amides is 2. The summed E-state index contributed by atoms with van der Waals surface area (Å²) < 4.78 is 40.7. The van der Waals surface area contributed by atoms with Crippen molar-refractivity contribution in [2.75, 3.05) is 0 Å². The van der Waals surface area contributed by atoms with Gasteiger partial charge in [-0.1, -0.05) is 6.07 Å². The van der Waals surface area contributed by atoms with Crippen molar-refractivity contribution >= 4 is 23.2 Å². The van der Waals surface area contributed by atoms with Gasteiger partial charge in [0, 0.05) is 22.8 Å². The Morgan fingerprint density at radius 2 is 2.08 bits per heavy atom. The Bertz CT molecular complexity index is 782. The maximum absolute atomic E-state index is 13.6. The molecule has 10 heteroatoms. The summed E-state index contributed by atoms with van der Waals surface area (Å²) in [4.78, 5) is 28.6. The Hall–Kier alpha value is -2.46. The molecule has 0 bridgehead atoms. The lowest BCUT2D eigenvalue weighted by atomic mass is 9.79. The monoisotopic (exact) mass is 371 g/mol. The minimum Gasteiger partial charge on any atom is -0.363 e. The zero-order valence-corrected chi connectivity index (χ0v) is 13.3. The lowest BCUT2D eigenvalue weighted by molar-refractivity contribution is -0.287. The van der Waals surface area contributed by atoms with Crippen molar-refractivity contribution < 1.29 is 27.9 Å². The molecular formula is C15H12F3N3O3S. The van der Waals surface area contributed by atoms with Crippen LogP contribution in [0.3, 0.4) is 0 Å². The van der Waals surface area contributed by atoms with Gasteiger partial charge in [-0.05, 0) is 23.6 Å². The van der Waals surface area contributed by atoms with Gasteiger partial charge in [0.2, 0.25) is 5.72 Å². The Kier molecular flexibility index (Phi) is 4.25. The van der Waals surface area contributed by atoms with Crippen LogP contribution in [0.25, 0.3) is 0 Å². The molecule has 3 rings (SSSR count). The molecule has 0 saturated carbocycles. The van der Waals surface area contributed by atoms with E-state index in [-0.39, 0.29) is 5.56 Å². The molecule has 0 unspecified atom stereocenters. The van der Waals surface area contributed by atoms with Crippen molar-refractivity contribution in [1.29, 1.82) is 0 Å². The van der Waals surface area contributed by atoms with Gasteiger partial charge in [-0.15, -0.1) is 11.3 Å². The molecule has 6 nitrogen and oxygen atoms in total. The van der Waals surface area contributed by atoms with Crippen LogP contribution in [0.15, 0.2) is 42.0 Å². The fourth-order valence-corrected chi connectivity index (χ4v) is 3.55. The number of carbonyl (C=O) groups is 2. The van der Waals surface area contributed by atoms with Crippen LogP contribution >= 0.6 is 11.3 Å². The SMILES string of the molecule is O=C1N[C@@H](c2cccs2)[C@H](C(=O)c2cccnc2)[C@](O)(C(F)(F)F)N1. The van der Waals surface area contributed by atoms with Gasteiger partial charge in [-0.25, -0.2) is 4.79 Å². The molecule has 3 atom stereocenters. The Morgan fingerprint density at radius 3 is 2.64 bits per heavy atom. The van der Waals surface area contributed by atoms with Crippen molar-refractivity contribution in [2.24, 2.45) is 5.92 Å². The number of thiophene rings is 1. The number of hydrogen-bond donors (Lipinski definition) is 3. The Balaban J connectivity index is 2.14. The number of nitrogens with one attached hydrogen (secondary N) is 2. The number of rotatable bonds is 3. The smallest absolute Gasteiger partial charge is 0.363 e. The molecule has 2 amide bonds. The van der Waals surface area contributed by atoms with Crippen LogP contribution < -0.4 is 10.6 Å². The number of nitrogens with zero attached hydrogens (tertiary/aromatic N) is 1. The number of ketones is 1. The second-order valence-electron chi connectivity index (χ2n) is 5.44. The third kappa shape index (κ3) is 2.98. The van der Waals surface area contributed by atoms with Crippen LogP contribution in [0.5, 0.6) is 0 Å². The lowest BCUT2D eigenvalue weighted by Gasteiger charge is -2.44. The molecule has 1 saturated heterocycles. The van der Waals surface area contributed by atoms with Gasteiger partial charge in [0.1, 0.15) is 5.92 Å². The van der Waals surface area contributed by atoms with Gasteiger partial charge in [0.25, 0.3) is 0 Å². The van der Waals surface area contributed by atoms with Gasteiger partial charge in [0.05, 0.1) is 6.04 Å². The number of halogens is 3. The third-order valence-corrected chi connectivity index (χ3v) is 4.84. The highest BCUT2D eigenvalue weighted by Gasteiger charge is 2.66. The molecule has 0 spiro atoms. The van der Waals surface area contributed by atoms with E-state index in [0.29, 0.717) is 4.88 Å². The fourth-order valence-electron chi connectivity index (χ4n) is 2.73. The second-order valence-corrected chi connectivity index (χ2v) is 6.42. The molecular weight excluding hydrogens is 359 g/mol. The van der Waals surface area contributed by atoms with Crippen LogP contribution in [0.4, 0.5) is 18.0 Å². The first kappa shape index (κ1) is 17.4. The normalized spacial score (nSPS) is 26.6. The van der Waals surface area contributed by atoms with Crippen LogP contribution in [0.2, 0.25) is 0 Å². The molecule has 0 aromatic carbocycles.